The summed E-state index contributed by atoms with van der Waals surface area (Å²) < 4.78 is 0. The Labute approximate surface area is 170 Å². The van der Waals surface area contributed by atoms with Crippen LogP contribution in [0.1, 0.15) is 47.2 Å². The number of hydrogen-bond acceptors (Lipinski definition) is 2. The molecule has 0 bridgehead atoms. The molecule has 1 fully saturated rings. The molecule has 1 N–H and O–H groups in total. The number of fused-ring (bicyclic) bond motifs is 1. The molecule has 0 unspecified atom stereocenters. The predicted molar refractivity (Wildman–Crippen MR) is 112 cm³/mol. The van der Waals surface area contributed by atoms with E-state index in [1.165, 1.54) is 24.0 Å². The molecule has 2 aliphatic carbocycles. The Kier molecular flexibility index (Phi) is 5.68. The summed E-state index contributed by atoms with van der Waals surface area (Å²) in [4.78, 5) is 12.3. The summed E-state index contributed by atoms with van der Waals surface area (Å²) in [5.74, 6) is 0.843. The van der Waals surface area contributed by atoms with Crippen LogP contribution in [0.15, 0.2) is 54.1 Å². The maximum absolute atomic E-state index is 12.3. The largest absolute Gasteiger partial charge is 0.310 e. The Morgan fingerprint density at radius 2 is 1.89 bits per heavy atom. The lowest BCUT2D eigenvalue weighted by Gasteiger charge is -2.38. The van der Waals surface area contributed by atoms with Crippen molar-refractivity contribution in [2.24, 2.45) is 5.92 Å². The highest BCUT2D eigenvalue weighted by molar-refractivity contribution is 6.42. The molecular formula is C23H23Cl2NO. The minimum absolute atomic E-state index is 0.162. The van der Waals surface area contributed by atoms with E-state index in [2.05, 4.69) is 11.4 Å². The van der Waals surface area contributed by atoms with E-state index in [0.717, 1.165) is 36.9 Å². The van der Waals surface area contributed by atoms with Gasteiger partial charge in [-0.2, -0.15) is 0 Å². The van der Waals surface area contributed by atoms with Crippen LogP contribution in [0.3, 0.4) is 0 Å². The van der Waals surface area contributed by atoms with Gasteiger partial charge in [-0.25, -0.2) is 0 Å². The Hall–Kier alpha value is -1.61. The quantitative estimate of drug-likeness (QED) is 0.644. The molecule has 4 heteroatoms. The summed E-state index contributed by atoms with van der Waals surface area (Å²) in [6.45, 7) is 0.812. The van der Waals surface area contributed by atoms with Crippen molar-refractivity contribution in [3.8, 4) is 0 Å². The Balaban J connectivity index is 1.28. The fourth-order valence-electron chi connectivity index (χ4n) is 4.09. The second-order valence-electron chi connectivity index (χ2n) is 7.61. The molecule has 4 rings (SSSR count). The lowest BCUT2D eigenvalue weighted by molar-refractivity contribution is 0.104. The molecule has 2 aromatic rings. The van der Waals surface area contributed by atoms with Gasteiger partial charge in [-0.3, -0.25) is 4.79 Å². The minimum atomic E-state index is 0.162. The normalized spacial score (nSPS) is 21.4. The molecule has 2 nitrogen and oxygen atoms in total. The van der Waals surface area contributed by atoms with E-state index >= 15 is 0 Å². The molecule has 2 aromatic carbocycles. The van der Waals surface area contributed by atoms with Crippen molar-refractivity contribution in [3.05, 3.63) is 80.8 Å². The van der Waals surface area contributed by atoms with E-state index in [-0.39, 0.29) is 5.78 Å². The summed E-state index contributed by atoms with van der Waals surface area (Å²) >= 11 is 12.1. The molecule has 2 aliphatic rings. The van der Waals surface area contributed by atoms with Crippen LogP contribution in [0.2, 0.25) is 10.0 Å². The molecular weight excluding hydrogens is 377 g/mol. The summed E-state index contributed by atoms with van der Waals surface area (Å²) in [6, 6.07) is 14.3. The topological polar surface area (TPSA) is 29.1 Å². The molecule has 0 aromatic heterocycles. The molecule has 140 valence electrons. The van der Waals surface area contributed by atoms with Gasteiger partial charge in [0.2, 0.25) is 0 Å². The van der Waals surface area contributed by atoms with Gasteiger partial charge in [0.1, 0.15) is 0 Å². The number of carbonyl (C=O) groups excluding carboxylic acids is 1. The summed E-state index contributed by atoms with van der Waals surface area (Å²) in [5.41, 5.74) is 4.47. The molecule has 0 aliphatic heterocycles. The van der Waals surface area contributed by atoms with E-state index in [4.69, 9.17) is 23.2 Å². The lowest BCUT2D eigenvalue weighted by Crippen LogP contribution is -2.43. The number of carbonyl (C=O) groups is 1. The molecule has 0 saturated heterocycles. The third-order valence-electron chi connectivity index (χ3n) is 5.84. The van der Waals surface area contributed by atoms with Crippen LogP contribution in [0.25, 0.3) is 0 Å². The molecule has 2 atom stereocenters. The summed E-state index contributed by atoms with van der Waals surface area (Å²) in [5, 5.41) is 4.86. The zero-order valence-electron chi connectivity index (χ0n) is 15.2. The Bertz CT molecular complexity index is 890. The van der Waals surface area contributed by atoms with E-state index in [1.54, 1.807) is 0 Å². The van der Waals surface area contributed by atoms with Crippen molar-refractivity contribution >= 4 is 29.0 Å². The standard InChI is InChI=1S/C23H23Cl2NO/c24-20-9-6-16(12-21(20)25)14-26-22-10-8-17(22)7-5-15-11-18-3-1-2-4-19(18)23(27)13-15/h1-4,6,9,12-13,17,22,26H,5,7-8,10-11,14H2/t17-,22-/m0/s1. The number of rotatable bonds is 6. The Morgan fingerprint density at radius 1 is 1.04 bits per heavy atom. The van der Waals surface area contributed by atoms with Crippen LogP contribution in [0.5, 0.6) is 0 Å². The SMILES string of the molecule is O=C1C=C(CC[C@H]2CC[C@@H]2NCc2ccc(Cl)c(Cl)c2)Cc2ccccc21. The van der Waals surface area contributed by atoms with Gasteiger partial charge in [-0.15, -0.1) is 0 Å². The first kappa shape index (κ1) is 18.7. The first-order chi connectivity index (χ1) is 13.1. The zero-order valence-corrected chi connectivity index (χ0v) is 16.7. The van der Waals surface area contributed by atoms with E-state index in [0.29, 0.717) is 22.0 Å². The average Bonchev–Trinajstić information content (AvgIpc) is 2.64. The highest BCUT2D eigenvalue weighted by Crippen LogP contribution is 2.34. The van der Waals surface area contributed by atoms with Crippen LogP contribution in [0, 0.1) is 5.92 Å². The molecule has 0 spiro atoms. The van der Waals surface area contributed by atoms with Gasteiger partial charge < -0.3 is 5.32 Å². The second-order valence-corrected chi connectivity index (χ2v) is 8.43. The highest BCUT2D eigenvalue weighted by Gasteiger charge is 2.30. The van der Waals surface area contributed by atoms with Gasteiger partial charge in [-0.05, 0) is 67.4 Å². The second kappa shape index (κ2) is 8.18. The van der Waals surface area contributed by atoms with Gasteiger partial charge in [-0.1, -0.05) is 59.1 Å². The predicted octanol–water partition coefficient (Wildman–Crippen LogP) is 6.01. The number of halogens is 2. The summed E-state index contributed by atoms with van der Waals surface area (Å²) in [6.07, 6.45) is 7.40. The number of allylic oxidation sites excluding steroid dienone is 2. The average molecular weight is 400 g/mol. The first-order valence-electron chi connectivity index (χ1n) is 9.59. The van der Waals surface area contributed by atoms with E-state index < -0.39 is 0 Å². The Morgan fingerprint density at radius 3 is 2.67 bits per heavy atom. The summed E-state index contributed by atoms with van der Waals surface area (Å²) in [7, 11) is 0. The van der Waals surface area contributed by atoms with Crippen molar-refractivity contribution in [1.29, 1.82) is 0 Å². The zero-order chi connectivity index (χ0) is 18.8. The molecule has 0 heterocycles. The van der Waals surface area contributed by atoms with Crippen molar-refractivity contribution in [2.75, 3.05) is 0 Å². The highest BCUT2D eigenvalue weighted by atomic mass is 35.5. The third kappa shape index (κ3) is 4.29. The van der Waals surface area contributed by atoms with Gasteiger partial charge in [0, 0.05) is 18.2 Å². The van der Waals surface area contributed by atoms with Crippen LogP contribution in [-0.4, -0.2) is 11.8 Å². The van der Waals surface area contributed by atoms with Gasteiger partial charge in [0.25, 0.3) is 0 Å². The molecule has 0 amide bonds. The van der Waals surface area contributed by atoms with E-state index in [9.17, 15) is 4.79 Å². The monoisotopic (exact) mass is 399 g/mol. The van der Waals surface area contributed by atoms with Crippen molar-refractivity contribution < 1.29 is 4.79 Å². The maximum Gasteiger partial charge on any atom is 0.186 e. The van der Waals surface area contributed by atoms with Crippen molar-refractivity contribution in [1.82, 2.24) is 5.32 Å². The number of hydrogen-bond donors (Lipinski definition) is 1. The van der Waals surface area contributed by atoms with Crippen molar-refractivity contribution in [3.63, 3.8) is 0 Å². The number of benzene rings is 2. The fourth-order valence-corrected chi connectivity index (χ4v) is 4.41. The fraction of sp³-hybridized carbons (Fsp3) is 0.348. The van der Waals surface area contributed by atoms with Crippen LogP contribution < -0.4 is 5.32 Å². The first-order valence-corrected chi connectivity index (χ1v) is 10.3. The van der Waals surface area contributed by atoms with Crippen LogP contribution in [0.4, 0.5) is 0 Å². The van der Waals surface area contributed by atoms with Crippen LogP contribution >= 0.6 is 23.2 Å². The minimum Gasteiger partial charge on any atom is -0.310 e. The molecule has 0 radical (unpaired) electrons. The number of nitrogens with one attached hydrogen (secondary N) is 1. The lowest BCUT2D eigenvalue weighted by atomic mass is 9.75. The van der Waals surface area contributed by atoms with Gasteiger partial charge in [0.15, 0.2) is 5.78 Å². The number of ketones is 1. The van der Waals surface area contributed by atoms with Gasteiger partial charge in [0.05, 0.1) is 10.0 Å². The smallest absolute Gasteiger partial charge is 0.186 e. The molecule has 1 saturated carbocycles. The van der Waals surface area contributed by atoms with E-state index in [1.807, 2.05) is 42.5 Å². The van der Waals surface area contributed by atoms with Crippen LogP contribution in [-0.2, 0) is 13.0 Å². The third-order valence-corrected chi connectivity index (χ3v) is 6.58. The molecule has 27 heavy (non-hydrogen) atoms. The maximum atomic E-state index is 12.3. The van der Waals surface area contributed by atoms with Gasteiger partial charge >= 0.3 is 0 Å². The van der Waals surface area contributed by atoms with Crippen molar-refractivity contribution in [2.45, 2.75) is 44.7 Å².